The summed E-state index contributed by atoms with van der Waals surface area (Å²) >= 11 is 0. The highest BCUT2D eigenvalue weighted by Gasteiger charge is 2.46. The third kappa shape index (κ3) is 4.48. The first kappa shape index (κ1) is 24.3. The quantitative estimate of drug-likeness (QED) is 0.547. The summed E-state index contributed by atoms with van der Waals surface area (Å²) < 4.78 is 0. The highest BCUT2D eigenvalue weighted by Crippen LogP contribution is 2.51. The van der Waals surface area contributed by atoms with Gasteiger partial charge in [0.25, 0.3) is 0 Å². The van der Waals surface area contributed by atoms with Crippen molar-refractivity contribution in [3.05, 3.63) is 76.4 Å². The minimum absolute atomic E-state index is 0.0926. The summed E-state index contributed by atoms with van der Waals surface area (Å²) in [5, 5.41) is 10.2. The summed E-state index contributed by atoms with van der Waals surface area (Å²) in [5.41, 5.74) is 13.6. The first-order valence-electron chi connectivity index (χ1n) is 13.8. The maximum Gasteiger partial charge on any atom is 0.152 e. The molecule has 3 aliphatic rings. The number of hydrogen-bond acceptors (Lipinski definition) is 7. The van der Waals surface area contributed by atoms with E-state index >= 15 is 0 Å². The molecule has 2 fully saturated rings. The third-order valence-corrected chi connectivity index (χ3v) is 8.99. The second-order valence-electron chi connectivity index (χ2n) is 11.1. The lowest BCUT2D eigenvalue weighted by Gasteiger charge is -2.42. The van der Waals surface area contributed by atoms with Gasteiger partial charge < -0.3 is 20.6 Å². The van der Waals surface area contributed by atoms with E-state index < -0.39 is 0 Å². The number of fused-ring (bicyclic) bond motifs is 1. The van der Waals surface area contributed by atoms with Gasteiger partial charge in [0.2, 0.25) is 0 Å². The highest BCUT2D eigenvalue weighted by atomic mass is 16.3. The summed E-state index contributed by atoms with van der Waals surface area (Å²) in [4.78, 5) is 19.1. The zero-order valence-electron chi connectivity index (χ0n) is 21.9. The minimum atomic E-state index is -0.114. The van der Waals surface area contributed by atoms with E-state index in [0.717, 1.165) is 62.8 Å². The number of hydrogen-bond donors (Lipinski definition) is 2. The molecule has 1 atom stereocenters. The Morgan fingerprint density at radius 2 is 1.73 bits per heavy atom. The summed E-state index contributed by atoms with van der Waals surface area (Å²) in [6.07, 6.45) is 11.3. The molecule has 194 valence electrons. The van der Waals surface area contributed by atoms with Crippen molar-refractivity contribution >= 4 is 11.6 Å². The smallest absolute Gasteiger partial charge is 0.152 e. The molecule has 3 aromatic rings. The van der Waals surface area contributed by atoms with Crippen LogP contribution in [0.3, 0.4) is 0 Å². The summed E-state index contributed by atoms with van der Waals surface area (Å²) in [6, 6.07) is 10.8. The van der Waals surface area contributed by atoms with Crippen molar-refractivity contribution in [3.8, 4) is 0 Å². The van der Waals surface area contributed by atoms with Crippen LogP contribution in [0.25, 0.3) is 0 Å². The lowest BCUT2D eigenvalue weighted by atomic mass is 9.73. The van der Waals surface area contributed by atoms with Gasteiger partial charge in [0.1, 0.15) is 11.5 Å². The molecule has 2 aliphatic heterocycles. The summed E-state index contributed by atoms with van der Waals surface area (Å²) in [5.74, 6) is 1.91. The van der Waals surface area contributed by atoms with Crippen LogP contribution >= 0.6 is 0 Å². The molecule has 2 saturated heterocycles. The molecule has 0 radical (unpaired) electrons. The van der Waals surface area contributed by atoms with Crippen molar-refractivity contribution < 1.29 is 5.11 Å². The zero-order valence-corrected chi connectivity index (χ0v) is 21.9. The first-order valence-corrected chi connectivity index (χ1v) is 13.8. The number of nitrogens with two attached hydrogens (primary N) is 1. The minimum Gasteiger partial charge on any atom is -0.390 e. The van der Waals surface area contributed by atoms with E-state index in [1.807, 2.05) is 12.4 Å². The molecule has 7 nitrogen and oxygen atoms in total. The number of nitrogens with zero attached hydrogens (tertiary/aromatic N) is 5. The standard InChI is InChI=1S/C30H38N6O/c1-21-22(9-12-32-28(21)35-13-5-2-6-14-35)17-24-19-33-29(26(20-37)34-24)36-15-10-30(11-16-36)18-23-7-3-4-8-25(23)27(30)31/h3-4,7-9,12,19,27,37H,2,5-6,10-11,13-18,20,31H2,1H3/t27-/m1/s1. The summed E-state index contributed by atoms with van der Waals surface area (Å²) in [7, 11) is 0. The second-order valence-corrected chi connectivity index (χ2v) is 11.1. The van der Waals surface area contributed by atoms with Crippen LogP contribution in [0.15, 0.2) is 42.7 Å². The first-order chi connectivity index (χ1) is 18.1. The number of piperidine rings is 2. The predicted molar refractivity (Wildman–Crippen MR) is 147 cm³/mol. The molecule has 0 unspecified atom stereocenters. The van der Waals surface area contributed by atoms with Crippen LogP contribution in [0, 0.1) is 12.3 Å². The van der Waals surface area contributed by atoms with Gasteiger partial charge in [-0.15, -0.1) is 0 Å². The van der Waals surface area contributed by atoms with E-state index in [9.17, 15) is 5.11 Å². The van der Waals surface area contributed by atoms with Crippen LogP contribution < -0.4 is 15.5 Å². The molecule has 0 bridgehead atoms. The molecule has 0 amide bonds. The van der Waals surface area contributed by atoms with Crippen molar-refractivity contribution in [1.82, 2.24) is 15.0 Å². The average Bonchev–Trinajstić information content (AvgIpc) is 3.21. The highest BCUT2D eigenvalue weighted by molar-refractivity contribution is 5.51. The Morgan fingerprint density at radius 1 is 0.973 bits per heavy atom. The Hall–Kier alpha value is -3.03. The molecule has 3 N–H and O–H groups in total. The average molecular weight is 499 g/mol. The molecule has 1 spiro atoms. The zero-order chi connectivity index (χ0) is 25.4. The van der Waals surface area contributed by atoms with Crippen molar-refractivity contribution in [2.45, 2.75) is 64.5 Å². The largest absolute Gasteiger partial charge is 0.390 e. The lowest BCUT2D eigenvalue weighted by Crippen LogP contribution is -2.45. The number of benzene rings is 1. The molecule has 0 saturated carbocycles. The number of aliphatic hydroxyl groups excluding tert-OH is 1. The predicted octanol–water partition coefficient (Wildman–Crippen LogP) is 4.10. The van der Waals surface area contributed by atoms with Gasteiger partial charge in [-0.25, -0.2) is 15.0 Å². The van der Waals surface area contributed by atoms with Gasteiger partial charge in [0.05, 0.1) is 18.5 Å². The van der Waals surface area contributed by atoms with Crippen molar-refractivity contribution in [2.75, 3.05) is 36.0 Å². The van der Waals surface area contributed by atoms with Gasteiger partial charge in [-0.05, 0) is 79.2 Å². The van der Waals surface area contributed by atoms with Crippen LogP contribution in [0.5, 0.6) is 0 Å². The molecule has 6 rings (SSSR count). The van der Waals surface area contributed by atoms with Gasteiger partial charge in [0, 0.05) is 44.8 Å². The fourth-order valence-corrected chi connectivity index (χ4v) is 6.76. The molecule has 37 heavy (non-hydrogen) atoms. The Kier molecular flexibility index (Phi) is 6.59. The molecule has 1 aromatic carbocycles. The third-order valence-electron chi connectivity index (χ3n) is 8.99. The number of pyridine rings is 1. The fraction of sp³-hybridized carbons (Fsp3) is 0.500. The van der Waals surface area contributed by atoms with E-state index in [1.54, 1.807) is 0 Å². The van der Waals surface area contributed by atoms with Gasteiger partial charge >= 0.3 is 0 Å². The number of anilines is 2. The normalized spacial score (nSPS) is 20.9. The number of aromatic nitrogens is 3. The van der Waals surface area contributed by atoms with Crippen LogP contribution in [0.4, 0.5) is 11.6 Å². The number of aliphatic hydroxyl groups is 1. The van der Waals surface area contributed by atoms with E-state index in [4.69, 9.17) is 20.7 Å². The molecule has 1 aliphatic carbocycles. The van der Waals surface area contributed by atoms with Crippen LogP contribution in [-0.4, -0.2) is 46.2 Å². The summed E-state index contributed by atoms with van der Waals surface area (Å²) in [6.45, 7) is 5.97. The van der Waals surface area contributed by atoms with E-state index in [2.05, 4.69) is 47.1 Å². The van der Waals surface area contributed by atoms with Gasteiger partial charge in [-0.3, -0.25) is 0 Å². The van der Waals surface area contributed by atoms with Crippen LogP contribution in [0.2, 0.25) is 0 Å². The Morgan fingerprint density at radius 3 is 2.49 bits per heavy atom. The van der Waals surface area contributed by atoms with E-state index in [1.165, 1.54) is 41.5 Å². The number of rotatable bonds is 5. The van der Waals surface area contributed by atoms with Crippen LogP contribution in [0.1, 0.15) is 71.8 Å². The molecule has 7 heteroatoms. The van der Waals surface area contributed by atoms with Crippen molar-refractivity contribution in [2.24, 2.45) is 11.1 Å². The Balaban J connectivity index is 1.17. The topological polar surface area (TPSA) is 91.4 Å². The van der Waals surface area contributed by atoms with Gasteiger partial charge in [0.15, 0.2) is 5.82 Å². The molecular weight excluding hydrogens is 460 g/mol. The Bertz CT molecular complexity index is 1260. The fourth-order valence-electron chi connectivity index (χ4n) is 6.76. The maximum atomic E-state index is 10.2. The van der Waals surface area contributed by atoms with E-state index in [0.29, 0.717) is 12.1 Å². The lowest BCUT2D eigenvalue weighted by molar-refractivity contribution is 0.186. The van der Waals surface area contributed by atoms with E-state index in [-0.39, 0.29) is 18.1 Å². The Labute approximate surface area is 219 Å². The monoisotopic (exact) mass is 498 g/mol. The van der Waals surface area contributed by atoms with Gasteiger partial charge in [-0.2, -0.15) is 0 Å². The molecular formula is C30H38N6O. The second kappa shape index (κ2) is 10.0. The van der Waals surface area contributed by atoms with Crippen molar-refractivity contribution in [3.63, 3.8) is 0 Å². The SMILES string of the molecule is Cc1c(Cc2cnc(N3CCC4(CC3)Cc3ccccc3[C@H]4N)c(CO)n2)ccnc1N1CCCCC1. The van der Waals surface area contributed by atoms with Crippen LogP contribution in [-0.2, 0) is 19.4 Å². The van der Waals surface area contributed by atoms with Crippen molar-refractivity contribution in [1.29, 1.82) is 0 Å². The molecule has 4 heterocycles. The maximum absolute atomic E-state index is 10.2. The van der Waals surface area contributed by atoms with Gasteiger partial charge in [-0.1, -0.05) is 24.3 Å². The molecule has 2 aromatic heterocycles.